The van der Waals surface area contributed by atoms with Gasteiger partial charge in [0.15, 0.2) is 0 Å². The number of nitrogens with zero attached hydrogens (tertiary/aromatic N) is 1. The highest BCUT2D eigenvalue weighted by molar-refractivity contribution is 4.43. The summed E-state index contributed by atoms with van der Waals surface area (Å²) in [7, 11) is 1.99. The maximum Gasteiger partial charge on any atom is 0.0570 e. The third kappa shape index (κ3) is 6.01. The average molecular weight is 146 g/mol. The normalized spacial score (nSPS) is 10.8. The van der Waals surface area contributed by atoms with Gasteiger partial charge in [-0.05, 0) is 6.42 Å². The molecule has 0 heterocycles. The fourth-order valence-electron chi connectivity index (χ4n) is 0.715. The Morgan fingerprint density at radius 3 is 2.70 bits per heavy atom. The Kier molecular flexibility index (Phi) is 6.91. The Balaban J connectivity index is 3.00. The molecule has 0 amide bonds. The topological polar surface area (TPSA) is 35.5 Å². The van der Waals surface area contributed by atoms with E-state index in [9.17, 15) is 0 Å². The number of aliphatic hydroxyl groups is 1. The lowest BCUT2D eigenvalue weighted by molar-refractivity contribution is 0.194. The minimum absolute atomic E-state index is 0.205. The summed E-state index contributed by atoms with van der Waals surface area (Å²) < 4.78 is 0. The van der Waals surface area contributed by atoms with E-state index in [1.165, 1.54) is 12.8 Å². The van der Waals surface area contributed by atoms with Gasteiger partial charge in [0, 0.05) is 20.1 Å². The lowest BCUT2D eigenvalue weighted by Crippen LogP contribution is -2.36. The van der Waals surface area contributed by atoms with Crippen molar-refractivity contribution in [1.29, 1.82) is 0 Å². The largest absolute Gasteiger partial charge is 0.395 e. The fraction of sp³-hybridized carbons (Fsp3) is 1.00. The van der Waals surface area contributed by atoms with Crippen LogP contribution in [0.25, 0.3) is 0 Å². The summed E-state index contributed by atoms with van der Waals surface area (Å²) in [4.78, 5) is 0. The maximum atomic E-state index is 8.45. The summed E-state index contributed by atoms with van der Waals surface area (Å²) in [5.74, 6) is 0. The molecular formula is C7H18N2O. The van der Waals surface area contributed by atoms with Gasteiger partial charge in [-0.15, -0.1) is 0 Å². The molecule has 0 aliphatic heterocycles. The molecule has 62 valence electrons. The van der Waals surface area contributed by atoms with Crippen LogP contribution in [0.2, 0.25) is 0 Å². The molecule has 2 N–H and O–H groups in total. The van der Waals surface area contributed by atoms with Gasteiger partial charge < -0.3 is 5.11 Å². The number of hydrazine groups is 1. The minimum atomic E-state index is 0.205. The number of unbranched alkanes of at least 4 members (excludes halogenated alkanes) is 1. The van der Waals surface area contributed by atoms with Crippen molar-refractivity contribution < 1.29 is 5.11 Å². The highest BCUT2D eigenvalue weighted by atomic mass is 16.3. The molecule has 3 heteroatoms. The van der Waals surface area contributed by atoms with Crippen LogP contribution in [0.4, 0.5) is 0 Å². The van der Waals surface area contributed by atoms with E-state index in [0.717, 1.165) is 6.54 Å². The summed E-state index contributed by atoms with van der Waals surface area (Å²) in [5, 5.41) is 10.5. The molecule has 0 atom stereocenters. The Morgan fingerprint density at radius 1 is 1.50 bits per heavy atom. The van der Waals surface area contributed by atoms with Crippen LogP contribution in [0, 0.1) is 0 Å². The molecule has 3 nitrogen and oxygen atoms in total. The summed E-state index contributed by atoms with van der Waals surface area (Å²) in [6.45, 7) is 4.08. The highest BCUT2D eigenvalue weighted by Gasteiger charge is 1.92. The molecular weight excluding hydrogens is 128 g/mol. The third-order valence-corrected chi connectivity index (χ3v) is 1.34. The van der Waals surface area contributed by atoms with Gasteiger partial charge in [-0.3, -0.25) is 5.43 Å². The molecule has 0 radical (unpaired) electrons. The quantitative estimate of drug-likeness (QED) is 0.526. The van der Waals surface area contributed by atoms with Gasteiger partial charge in [-0.25, -0.2) is 5.01 Å². The summed E-state index contributed by atoms with van der Waals surface area (Å²) in [6.07, 6.45) is 2.42. The zero-order valence-electron chi connectivity index (χ0n) is 6.93. The van der Waals surface area contributed by atoms with Crippen molar-refractivity contribution in [3.05, 3.63) is 0 Å². The van der Waals surface area contributed by atoms with Crippen molar-refractivity contribution >= 4 is 0 Å². The molecule has 0 fully saturated rings. The first kappa shape index (κ1) is 9.88. The van der Waals surface area contributed by atoms with Gasteiger partial charge in [-0.1, -0.05) is 13.3 Å². The van der Waals surface area contributed by atoms with Crippen LogP contribution in [-0.4, -0.2) is 36.9 Å². The van der Waals surface area contributed by atoms with Gasteiger partial charge in [0.05, 0.1) is 6.61 Å². The second-order valence-corrected chi connectivity index (χ2v) is 2.41. The second-order valence-electron chi connectivity index (χ2n) is 2.41. The van der Waals surface area contributed by atoms with Crippen molar-refractivity contribution in [2.24, 2.45) is 0 Å². The summed E-state index contributed by atoms with van der Waals surface area (Å²) in [6, 6.07) is 0. The van der Waals surface area contributed by atoms with Crippen LogP contribution in [0.3, 0.4) is 0 Å². The molecule has 0 aromatic rings. The Morgan fingerprint density at radius 2 is 2.20 bits per heavy atom. The third-order valence-electron chi connectivity index (χ3n) is 1.34. The highest BCUT2D eigenvalue weighted by Crippen LogP contribution is 1.86. The lowest BCUT2D eigenvalue weighted by Gasteiger charge is -2.16. The van der Waals surface area contributed by atoms with Crippen molar-refractivity contribution in [1.82, 2.24) is 10.4 Å². The molecule has 0 unspecified atom stereocenters. The fourth-order valence-corrected chi connectivity index (χ4v) is 0.715. The minimum Gasteiger partial charge on any atom is -0.395 e. The standard InChI is InChI=1S/C7H18N2O/c1-3-4-6-9(2)8-5-7-10/h8,10H,3-7H2,1-2H3. The van der Waals surface area contributed by atoms with Crippen molar-refractivity contribution in [2.75, 3.05) is 26.7 Å². The van der Waals surface area contributed by atoms with Crippen LogP contribution in [-0.2, 0) is 0 Å². The first-order chi connectivity index (χ1) is 4.81. The van der Waals surface area contributed by atoms with E-state index in [-0.39, 0.29) is 6.61 Å². The molecule has 0 aromatic carbocycles. The molecule has 0 aromatic heterocycles. The van der Waals surface area contributed by atoms with E-state index >= 15 is 0 Å². The van der Waals surface area contributed by atoms with Crippen molar-refractivity contribution in [3.63, 3.8) is 0 Å². The zero-order valence-corrected chi connectivity index (χ0v) is 6.93. The first-order valence-corrected chi connectivity index (χ1v) is 3.86. The van der Waals surface area contributed by atoms with Crippen molar-refractivity contribution in [2.45, 2.75) is 19.8 Å². The predicted molar refractivity (Wildman–Crippen MR) is 42.6 cm³/mol. The number of hydrogen-bond acceptors (Lipinski definition) is 3. The van der Waals surface area contributed by atoms with Gasteiger partial charge in [0.25, 0.3) is 0 Å². The molecule has 0 saturated heterocycles. The van der Waals surface area contributed by atoms with Gasteiger partial charge in [0.2, 0.25) is 0 Å². The number of rotatable bonds is 6. The number of nitrogens with one attached hydrogen (secondary N) is 1. The predicted octanol–water partition coefficient (Wildman–Crippen LogP) is 0.215. The summed E-state index contributed by atoms with van der Waals surface area (Å²) in [5.41, 5.74) is 3.05. The zero-order chi connectivity index (χ0) is 7.82. The molecule has 0 rings (SSSR count). The first-order valence-electron chi connectivity index (χ1n) is 3.86. The molecule has 0 bridgehead atoms. The summed E-state index contributed by atoms with van der Waals surface area (Å²) >= 11 is 0. The molecule has 0 aliphatic carbocycles. The van der Waals surface area contributed by atoms with E-state index in [4.69, 9.17) is 5.11 Å². The van der Waals surface area contributed by atoms with Crippen LogP contribution in [0.1, 0.15) is 19.8 Å². The van der Waals surface area contributed by atoms with E-state index in [0.29, 0.717) is 6.54 Å². The molecule has 0 saturated carbocycles. The Hall–Kier alpha value is -0.120. The number of aliphatic hydroxyl groups excluding tert-OH is 1. The SMILES string of the molecule is CCCCN(C)NCCO. The van der Waals surface area contributed by atoms with Gasteiger partial charge in [-0.2, -0.15) is 0 Å². The average Bonchev–Trinajstić information content (AvgIpc) is 1.97. The second kappa shape index (κ2) is 6.99. The van der Waals surface area contributed by atoms with E-state index in [1.807, 2.05) is 12.1 Å². The van der Waals surface area contributed by atoms with Crippen LogP contribution >= 0.6 is 0 Å². The smallest absolute Gasteiger partial charge is 0.0570 e. The van der Waals surface area contributed by atoms with Gasteiger partial charge in [0.1, 0.15) is 0 Å². The molecule has 10 heavy (non-hydrogen) atoms. The maximum absolute atomic E-state index is 8.45. The van der Waals surface area contributed by atoms with Crippen LogP contribution in [0.15, 0.2) is 0 Å². The Labute approximate surface area is 63.0 Å². The van der Waals surface area contributed by atoms with Crippen LogP contribution < -0.4 is 5.43 Å². The van der Waals surface area contributed by atoms with E-state index in [2.05, 4.69) is 12.3 Å². The molecule has 0 spiro atoms. The number of hydrogen-bond donors (Lipinski definition) is 2. The lowest BCUT2D eigenvalue weighted by atomic mass is 10.3. The van der Waals surface area contributed by atoms with E-state index in [1.54, 1.807) is 0 Å². The van der Waals surface area contributed by atoms with Crippen LogP contribution in [0.5, 0.6) is 0 Å². The molecule has 0 aliphatic rings. The monoisotopic (exact) mass is 146 g/mol. The van der Waals surface area contributed by atoms with Gasteiger partial charge >= 0.3 is 0 Å². The Bertz CT molecular complexity index is 60.6. The van der Waals surface area contributed by atoms with E-state index < -0.39 is 0 Å². The van der Waals surface area contributed by atoms with Crippen molar-refractivity contribution in [3.8, 4) is 0 Å².